The third kappa shape index (κ3) is 2.45. The van der Waals surface area contributed by atoms with Crippen LogP contribution in [0.25, 0.3) is 0 Å². The summed E-state index contributed by atoms with van der Waals surface area (Å²) in [6, 6.07) is 1.26. The van der Waals surface area contributed by atoms with Crippen molar-refractivity contribution in [1.82, 2.24) is 15.3 Å². The van der Waals surface area contributed by atoms with E-state index in [9.17, 15) is 4.79 Å². The fraction of sp³-hybridized carbons (Fsp3) is 0.737. The Morgan fingerprint density at radius 2 is 2.08 bits per heavy atom. The van der Waals surface area contributed by atoms with Crippen molar-refractivity contribution in [2.75, 3.05) is 16.8 Å². The number of nitrogens with one attached hydrogen (secondary N) is 2. The maximum atomic E-state index is 13.1. The molecule has 6 nitrogen and oxygen atoms in total. The van der Waals surface area contributed by atoms with Crippen LogP contribution in [0.5, 0.6) is 0 Å². The first kappa shape index (κ1) is 15.6. The molecule has 2 aliphatic heterocycles. The highest BCUT2D eigenvalue weighted by atomic mass is 16.2. The molecular formula is C19H27N5O. The molecule has 2 aliphatic carbocycles. The maximum absolute atomic E-state index is 13.1. The van der Waals surface area contributed by atoms with Gasteiger partial charge in [0.05, 0.1) is 5.41 Å². The lowest BCUT2D eigenvalue weighted by Gasteiger charge is -2.29. The van der Waals surface area contributed by atoms with Crippen molar-refractivity contribution in [1.29, 1.82) is 0 Å². The number of carbonyl (C=O) groups excluding carboxylic acids is 1. The van der Waals surface area contributed by atoms with Gasteiger partial charge in [0.15, 0.2) is 0 Å². The summed E-state index contributed by atoms with van der Waals surface area (Å²) in [5, 5.41) is 6.99. The molecule has 1 aromatic heterocycles. The Morgan fingerprint density at radius 1 is 1.28 bits per heavy atom. The van der Waals surface area contributed by atoms with Crippen LogP contribution in [0.4, 0.5) is 11.8 Å². The summed E-state index contributed by atoms with van der Waals surface area (Å²) >= 11 is 0. The standard InChI is InChI=1S/C19H27N5O/c1-12-10-13(6-9-20-12)22-18-21-11-15-16(23-18)24(14-4-2-3-5-14)17(25)19(15)7-8-19/h11-14,20H,2-10H2,1H3,(H,21,22,23). The van der Waals surface area contributed by atoms with Gasteiger partial charge in [-0.05, 0) is 52.0 Å². The Balaban J connectivity index is 1.44. The number of anilines is 2. The van der Waals surface area contributed by atoms with Crippen molar-refractivity contribution in [3.05, 3.63) is 11.8 Å². The normalized spacial score (nSPS) is 30.8. The molecule has 4 aliphatic rings. The first-order valence-corrected chi connectivity index (χ1v) is 9.88. The molecule has 3 fully saturated rings. The lowest BCUT2D eigenvalue weighted by atomic mass is 10.0. The highest BCUT2D eigenvalue weighted by Gasteiger charge is 2.61. The second-order valence-electron chi connectivity index (χ2n) is 8.35. The largest absolute Gasteiger partial charge is 0.351 e. The maximum Gasteiger partial charge on any atom is 0.239 e. The third-order valence-electron chi connectivity index (χ3n) is 6.54. The molecule has 0 radical (unpaired) electrons. The number of piperidine rings is 1. The van der Waals surface area contributed by atoms with Gasteiger partial charge in [-0.3, -0.25) is 9.69 Å². The highest BCUT2D eigenvalue weighted by molar-refractivity contribution is 6.09. The number of carbonyl (C=O) groups is 1. The van der Waals surface area contributed by atoms with Crippen molar-refractivity contribution in [2.45, 2.75) is 81.8 Å². The van der Waals surface area contributed by atoms with Gasteiger partial charge in [-0.1, -0.05) is 12.8 Å². The number of hydrogen-bond acceptors (Lipinski definition) is 5. The number of amides is 1. The molecule has 1 spiro atoms. The second kappa shape index (κ2) is 5.66. The summed E-state index contributed by atoms with van der Waals surface area (Å²) in [6.07, 6.45) is 10.7. The fourth-order valence-electron chi connectivity index (χ4n) is 4.96. The van der Waals surface area contributed by atoms with Gasteiger partial charge in [0.1, 0.15) is 5.82 Å². The van der Waals surface area contributed by atoms with E-state index in [0.717, 1.165) is 56.5 Å². The minimum atomic E-state index is -0.278. The quantitative estimate of drug-likeness (QED) is 0.883. The van der Waals surface area contributed by atoms with Crippen LogP contribution in [-0.2, 0) is 10.2 Å². The summed E-state index contributed by atoms with van der Waals surface area (Å²) in [4.78, 5) is 24.6. The first-order chi connectivity index (χ1) is 12.2. The molecule has 0 bridgehead atoms. The van der Waals surface area contributed by atoms with Gasteiger partial charge in [-0.25, -0.2) is 4.98 Å². The van der Waals surface area contributed by atoms with E-state index in [2.05, 4.69) is 22.5 Å². The summed E-state index contributed by atoms with van der Waals surface area (Å²) in [7, 11) is 0. The Hall–Kier alpha value is -1.69. The van der Waals surface area contributed by atoms with Gasteiger partial charge >= 0.3 is 0 Å². The third-order valence-corrected chi connectivity index (χ3v) is 6.54. The van der Waals surface area contributed by atoms with Gasteiger partial charge in [-0.15, -0.1) is 0 Å². The average Bonchev–Trinajstić information content (AvgIpc) is 3.16. The number of hydrogen-bond donors (Lipinski definition) is 2. The zero-order valence-electron chi connectivity index (χ0n) is 14.9. The Bertz CT molecular complexity index is 695. The van der Waals surface area contributed by atoms with Crippen LogP contribution in [-0.4, -0.2) is 40.5 Å². The van der Waals surface area contributed by atoms with E-state index in [1.165, 1.54) is 12.8 Å². The van der Waals surface area contributed by atoms with Crippen LogP contribution in [0.15, 0.2) is 6.20 Å². The van der Waals surface area contributed by atoms with Crippen molar-refractivity contribution >= 4 is 17.7 Å². The lowest BCUT2D eigenvalue weighted by molar-refractivity contribution is -0.120. The number of fused-ring (bicyclic) bond motifs is 2. The average molecular weight is 341 g/mol. The summed E-state index contributed by atoms with van der Waals surface area (Å²) in [5.74, 6) is 1.87. The minimum Gasteiger partial charge on any atom is -0.351 e. The Labute approximate surface area is 148 Å². The molecule has 2 N–H and O–H groups in total. The van der Waals surface area contributed by atoms with Gasteiger partial charge in [0.2, 0.25) is 11.9 Å². The van der Waals surface area contributed by atoms with E-state index >= 15 is 0 Å². The molecule has 134 valence electrons. The first-order valence-electron chi connectivity index (χ1n) is 9.88. The zero-order chi connectivity index (χ0) is 17.0. The summed E-state index contributed by atoms with van der Waals surface area (Å²) in [5.41, 5.74) is 0.799. The molecule has 1 amide bonds. The van der Waals surface area contributed by atoms with Gasteiger partial charge in [-0.2, -0.15) is 4.98 Å². The molecule has 5 rings (SSSR count). The molecular weight excluding hydrogens is 314 g/mol. The lowest BCUT2D eigenvalue weighted by Crippen LogP contribution is -2.41. The highest BCUT2D eigenvalue weighted by Crippen LogP contribution is 2.57. The molecule has 2 saturated carbocycles. The van der Waals surface area contributed by atoms with E-state index < -0.39 is 0 Å². The van der Waals surface area contributed by atoms with Crippen LogP contribution in [0, 0.1) is 0 Å². The molecule has 25 heavy (non-hydrogen) atoms. The Morgan fingerprint density at radius 3 is 2.80 bits per heavy atom. The molecule has 0 aromatic carbocycles. The van der Waals surface area contributed by atoms with E-state index in [1.807, 2.05) is 11.1 Å². The predicted molar refractivity (Wildman–Crippen MR) is 96.8 cm³/mol. The molecule has 3 heterocycles. The monoisotopic (exact) mass is 341 g/mol. The molecule has 1 aromatic rings. The van der Waals surface area contributed by atoms with Crippen LogP contribution in [0.2, 0.25) is 0 Å². The van der Waals surface area contributed by atoms with Crippen molar-refractivity contribution in [3.63, 3.8) is 0 Å². The van der Waals surface area contributed by atoms with Gasteiger partial charge < -0.3 is 10.6 Å². The molecule has 2 atom stereocenters. The molecule has 6 heteroatoms. The number of aromatic nitrogens is 2. The summed E-state index contributed by atoms with van der Waals surface area (Å²) in [6.45, 7) is 3.24. The minimum absolute atomic E-state index is 0.278. The van der Waals surface area contributed by atoms with Crippen molar-refractivity contribution in [2.24, 2.45) is 0 Å². The van der Waals surface area contributed by atoms with Crippen molar-refractivity contribution in [3.8, 4) is 0 Å². The van der Waals surface area contributed by atoms with Gasteiger partial charge in [0.25, 0.3) is 0 Å². The van der Waals surface area contributed by atoms with Gasteiger partial charge in [0, 0.05) is 29.9 Å². The summed E-state index contributed by atoms with van der Waals surface area (Å²) < 4.78 is 0. The zero-order valence-corrected chi connectivity index (χ0v) is 14.9. The van der Waals surface area contributed by atoms with E-state index in [1.54, 1.807) is 0 Å². The fourth-order valence-corrected chi connectivity index (χ4v) is 4.96. The predicted octanol–water partition coefficient (Wildman–Crippen LogP) is 2.35. The van der Waals surface area contributed by atoms with E-state index in [-0.39, 0.29) is 11.3 Å². The smallest absolute Gasteiger partial charge is 0.239 e. The number of rotatable bonds is 3. The van der Waals surface area contributed by atoms with E-state index in [0.29, 0.717) is 24.1 Å². The van der Waals surface area contributed by atoms with Crippen molar-refractivity contribution < 1.29 is 4.79 Å². The van der Waals surface area contributed by atoms with Crippen LogP contribution in [0.1, 0.15) is 63.9 Å². The topological polar surface area (TPSA) is 70.2 Å². The van der Waals surface area contributed by atoms with Crippen LogP contribution < -0.4 is 15.5 Å². The Kier molecular flexibility index (Phi) is 3.52. The number of nitrogens with zero attached hydrogens (tertiary/aromatic N) is 3. The molecule has 2 unspecified atom stereocenters. The SMILES string of the molecule is CC1CC(Nc2ncc3c(n2)N(C2CCCC2)C(=O)C32CC2)CCN1. The molecule has 1 saturated heterocycles. The van der Waals surface area contributed by atoms with E-state index in [4.69, 9.17) is 4.98 Å². The second-order valence-corrected chi connectivity index (χ2v) is 8.35. The van der Waals surface area contributed by atoms with Crippen LogP contribution in [0.3, 0.4) is 0 Å². The van der Waals surface area contributed by atoms with Crippen LogP contribution >= 0.6 is 0 Å².